The highest BCUT2D eigenvalue weighted by atomic mass is 32.2. The minimum absolute atomic E-state index is 0.0823. The van der Waals surface area contributed by atoms with Crippen LogP contribution < -0.4 is 4.72 Å². The molecule has 1 aromatic carbocycles. The van der Waals surface area contributed by atoms with Gasteiger partial charge in [-0.3, -0.25) is 10.1 Å². The van der Waals surface area contributed by atoms with Gasteiger partial charge in [0.1, 0.15) is 0 Å². The molecule has 8 heteroatoms. The number of hydrogen-bond acceptors (Lipinski definition) is 4. The number of rotatable bonds is 5. The molecule has 0 spiro atoms. The van der Waals surface area contributed by atoms with Crippen LogP contribution in [0.5, 0.6) is 0 Å². The third-order valence-electron chi connectivity index (χ3n) is 2.26. The van der Waals surface area contributed by atoms with Crippen molar-refractivity contribution in [3.63, 3.8) is 0 Å². The van der Waals surface area contributed by atoms with E-state index in [0.717, 1.165) is 12.1 Å². The maximum absolute atomic E-state index is 13.4. The van der Waals surface area contributed by atoms with Crippen LogP contribution in [0.1, 0.15) is 18.9 Å². The number of nitrogens with one attached hydrogen (secondary N) is 1. The minimum Gasteiger partial charge on any atom is -0.258 e. The molecule has 0 atom stereocenters. The average molecular weight is 276 g/mol. The van der Waals surface area contributed by atoms with Gasteiger partial charge in [-0.25, -0.2) is 13.1 Å². The normalized spacial score (nSPS) is 11.5. The van der Waals surface area contributed by atoms with Crippen molar-refractivity contribution in [2.75, 3.05) is 6.54 Å². The lowest BCUT2D eigenvalue weighted by molar-refractivity contribution is -0.387. The van der Waals surface area contributed by atoms with Gasteiger partial charge >= 0.3 is 5.69 Å². The second-order valence-corrected chi connectivity index (χ2v) is 5.50. The number of aryl methyl sites for hydroxylation is 1. The van der Waals surface area contributed by atoms with Crippen LogP contribution in [-0.4, -0.2) is 19.9 Å². The number of hydrogen-bond donors (Lipinski definition) is 1. The summed E-state index contributed by atoms with van der Waals surface area (Å²) in [5, 5.41) is 10.6. The van der Waals surface area contributed by atoms with Gasteiger partial charge in [-0.1, -0.05) is 6.92 Å². The first kappa shape index (κ1) is 14.5. The zero-order chi connectivity index (χ0) is 13.9. The summed E-state index contributed by atoms with van der Waals surface area (Å²) in [4.78, 5) is 9.37. The van der Waals surface area contributed by atoms with Gasteiger partial charge in [0.15, 0.2) is 0 Å². The fourth-order valence-corrected chi connectivity index (χ4v) is 2.56. The summed E-state index contributed by atoms with van der Waals surface area (Å²) in [5.74, 6) is -1.02. The molecular formula is C10H13FN2O4S. The number of nitro benzene ring substituents is 1. The van der Waals surface area contributed by atoms with Gasteiger partial charge in [-0.15, -0.1) is 0 Å². The Morgan fingerprint density at radius 2 is 2.06 bits per heavy atom. The van der Waals surface area contributed by atoms with Crippen molar-refractivity contribution in [3.8, 4) is 0 Å². The van der Waals surface area contributed by atoms with E-state index in [1.807, 2.05) is 0 Å². The van der Waals surface area contributed by atoms with Gasteiger partial charge in [-0.05, 0) is 25.0 Å². The first-order valence-corrected chi connectivity index (χ1v) is 6.72. The Morgan fingerprint density at radius 3 is 2.56 bits per heavy atom. The molecule has 0 aliphatic heterocycles. The van der Waals surface area contributed by atoms with Crippen LogP contribution >= 0.6 is 0 Å². The highest BCUT2D eigenvalue weighted by Gasteiger charge is 2.23. The molecule has 1 N–H and O–H groups in total. The zero-order valence-electron chi connectivity index (χ0n) is 9.94. The predicted molar refractivity (Wildman–Crippen MR) is 63.3 cm³/mol. The maximum Gasteiger partial charge on any atom is 0.306 e. The molecule has 18 heavy (non-hydrogen) atoms. The molecule has 0 unspecified atom stereocenters. The quantitative estimate of drug-likeness (QED) is 0.655. The molecule has 0 aliphatic rings. The van der Waals surface area contributed by atoms with E-state index in [-0.39, 0.29) is 17.0 Å². The van der Waals surface area contributed by atoms with Crippen LogP contribution in [0.4, 0.5) is 10.1 Å². The first-order valence-electron chi connectivity index (χ1n) is 5.23. The Labute approximate surface area is 104 Å². The van der Waals surface area contributed by atoms with Crippen LogP contribution in [0.15, 0.2) is 17.0 Å². The fourth-order valence-electron chi connectivity index (χ4n) is 1.33. The monoisotopic (exact) mass is 276 g/mol. The molecule has 0 heterocycles. The average Bonchev–Trinajstić information content (AvgIpc) is 2.29. The molecule has 6 nitrogen and oxygen atoms in total. The van der Waals surface area contributed by atoms with Crippen molar-refractivity contribution in [1.82, 2.24) is 4.72 Å². The van der Waals surface area contributed by atoms with E-state index in [1.165, 1.54) is 6.92 Å². The molecule has 100 valence electrons. The largest absolute Gasteiger partial charge is 0.306 e. The van der Waals surface area contributed by atoms with Crippen LogP contribution in [0.25, 0.3) is 0 Å². The van der Waals surface area contributed by atoms with Gasteiger partial charge in [-0.2, -0.15) is 4.39 Å². The summed E-state index contributed by atoms with van der Waals surface area (Å²) in [5.41, 5.74) is -0.923. The van der Waals surface area contributed by atoms with Gasteiger partial charge in [0.25, 0.3) is 0 Å². The van der Waals surface area contributed by atoms with Crippen LogP contribution in [-0.2, 0) is 10.0 Å². The second-order valence-electron chi connectivity index (χ2n) is 3.73. The third-order valence-corrected chi connectivity index (χ3v) is 3.70. The molecule has 0 radical (unpaired) electrons. The molecule has 0 saturated heterocycles. The summed E-state index contributed by atoms with van der Waals surface area (Å²) < 4.78 is 39.2. The SMILES string of the molecule is CCCNS(=O)(=O)c1cc(C)c(F)c([N+](=O)[O-])c1. The minimum atomic E-state index is -3.84. The van der Waals surface area contributed by atoms with Crippen LogP contribution in [0.3, 0.4) is 0 Å². The number of sulfonamides is 1. The van der Waals surface area contributed by atoms with Crippen molar-refractivity contribution < 1.29 is 17.7 Å². The highest BCUT2D eigenvalue weighted by molar-refractivity contribution is 7.89. The molecule has 0 saturated carbocycles. The topological polar surface area (TPSA) is 89.3 Å². The van der Waals surface area contributed by atoms with E-state index in [9.17, 15) is 22.9 Å². The van der Waals surface area contributed by atoms with Crippen molar-refractivity contribution in [2.45, 2.75) is 25.2 Å². The van der Waals surface area contributed by atoms with Gasteiger partial charge in [0.05, 0.1) is 9.82 Å². The molecular weight excluding hydrogens is 263 g/mol. The number of halogens is 1. The number of nitrogens with zero attached hydrogens (tertiary/aromatic N) is 1. The van der Waals surface area contributed by atoms with Crippen LogP contribution in [0.2, 0.25) is 0 Å². The molecule has 0 aliphatic carbocycles. The number of benzene rings is 1. The van der Waals surface area contributed by atoms with Gasteiger partial charge < -0.3 is 0 Å². The Kier molecular flexibility index (Phi) is 4.36. The Balaban J connectivity index is 3.31. The lowest BCUT2D eigenvalue weighted by Gasteiger charge is -2.07. The Bertz CT molecular complexity index is 571. The summed E-state index contributed by atoms with van der Waals surface area (Å²) in [7, 11) is -3.84. The fraction of sp³-hybridized carbons (Fsp3) is 0.400. The summed E-state index contributed by atoms with van der Waals surface area (Å²) in [6.07, 6.45) is 0.585. The second kappa shape index (κ2) is 5.40. The van der Waals surface area contributed by atoms with E-state index in [0.29, 0.717) is 6.42 Å². The van der Waals surface area contributed by atoms with E-state index in [1.54, 1.807) is 6.92 Å². The molecule has 0 amide bonds. The van der Waals surface area contributed by atoms with Crippen molar-refractivity contribution in [2.24, 2.45) is 0 Å². The van der Waals surface area contributed by atoms with Gasteiger partial charge in [0, 0.05) is 12.6 Å². The molecule has 0 bridgehead atoms. The molecule has 1 rings (SSSR count). The first-order chi connectivity index (χ1) is 8.29. The lowest BCUT2D eigenvalue weighted by atomic mass is 10.2. The van der Waals surface area contributed by atoms with Crippen molar-refractivity contribution in [1.29, 1.82) is 0 Å². The van der Waals surface area contributed by atoms with E-state index in [2.05, 4.69) is 4.72 Å². The summed E-state index contributed by atoms with van der Waals surface area (Å²) in [6.45, 7) is 3.27. The highest BCUT2D eigenvalue weighted by Crippen LogP contribution is 2.24. The van der Waals surface area contributed by atoms with Crippen molar-refractivity contribution in [3.05, 3.63) is 33.6 Å². The zero-order valence-corrected chi connectivity index (χ0v) is 10.8. The Hall–Kier alpha value is -1.54. The van der Waals surface area contributed by atoms with Crippen molar-refractivity contribution >= 4 is 15.7 Å². The summed E-state index contributed by atoms with van der Waals surface area (Å²) >= 11 is 0. The third kappa shape index (κ3) is 3.02. The van der Waals surface area contributed by atoms with E-state index < -0.39 is 26.5 Å². The molecule has 0 aromatic heterocycles. The molecule has 1 aromatic rings. The van der Waals surface area contributed by atoms with Gasteiger partial charge in [0.2, 0.25) is 15.8 Å². The van der Waals surface area contributed by atoms with E-state index in [4.69, 9.17) is 0 Å². The van der Waals surface area contributed by atoms with Crippen LogP contribution in [0, 0.1) is 22.9 Å². The lowest BCUT2D eigenvalue weighted by Crippen LogP contribution is -2.24. The standard InChI is InChI=1S/C10H13FN2O4S/c1-3-4-12-18(16,17)8-5-7(2)10(11)9(6-8)13(14)15/h5-6,12H,3-4H2,1-2H3. The Morgan fingerprint density at radius 1 is 1.44 bits per heavy atom. The maximum atomic E-state index is 13.4. The predicted octanol–water partition coefficient (Wildman–Crippen LogP) is 1.73. The smallest absolute Gasteiger partial charge is 0.258 e. The molecule has 0 fully saturated rings. The number of nitro groups is 1. The van der Waals surface area contributed by atoms with E-state index >= 15 is 0 Å². The summed E-state index contributed by atoms with van der Waals surface area (Å²) in [6, 6.07) is 1.79.